The van der Waals surface area contributed by atoms with Crippen LogP contribution in [0.25, 0.3) is 0 Å². The van der Waals surface area contributed by atoms with E-state index in [1.807, 2.05) is 6.07 Å². The van der Waals surface area contributed by atoms with Gasteiger partial charge in [-0.3, -0.25) is 4.90 Å². The van der Waals surface area contributed by atoms with E-state index in [-0.39, 0.29) is 0 Å². The van der Waals surface area contributed by atoms with Crippen LogP contribution in [0.5, 0.6) is 5.75 Å². The van der Waals surface area contributed by atoms with Crippen LogP contribution in [-0.4, -0.2) is 19.1 Å². The SMILES string of the molecule is COc1cccc(C2Cc3ccccc3CN2C)c1. The lowest BCUT2D eigenvalue weighted by Crippen LogP contribution is -2.30. The van der Waals surface area contributed by atoms with Crippen molar-refractivity contribution in [3.8, 4) is 5.75 Å². The molecule has 0 saturated heterocycles. The van der Waals surface area contributed by atoms with Gasteiger partial charge in [0.1, 0.15) is 5.75 Å². The minimum Gasteiger partial charge on any atom is -0.497 e. The Hall–Kier alpha value is -1.80. The van der Waals surface area contributed by atoms with Gasteiger partial charge >= 0.3 is 0 Å². The van der Waals surface area contributed by atoms with Gasteiger partial charge in [-0.05, 0) is 42.3 Å². The molecule has 0 N–H and O–H groups in total. The second kappa shape index (κ2) is 5.06. The van der Waals surface area contributed by atoms with Crippen LogP contribution in [0, 0.1) is 0 Å². The molecule has 2 aromatic carbocycles. The van der Waals surface area contributed by atoms with E-state index in [4.69, 9.17) is 4.74 Å². The van der Waals surface area contributed by atoms with Crippen LogP contribution in [0.4, 0.5) is 0 Å². The van der Waals surface area contributed by atoms with Crippen LogP contribution in [0.3, 0.4) is 0 Å². The highest BCUT2D eigenvalue weighted by molar-refractivity contribution is 5.36. The molecular formula is C17H19NO. The van der Waals surface area contributed by atoms with Crippen molar-refractivity contribution in [3.63, 3.8) is 0 Å². The Bertz CT molecular complexity index is 579. The topological polar surface area (TPSA) is 12.5 Å². The first-order chi connectivity index (χ1) is 9.28. The number of nitrogens with zero attached hydrogens (tertiary/aromatic N) is 1. The quantitative estimate of drug-likeness (QED) is 0.813. The number of hydrogen-bond acceptors (Lipinski definition) is 2. The van der Waals surface area contributed by atoms with E-state index in [2.05, 4.69) is 54.4 Å². The maximum Gasteiger partial charge on any atom is 0.119 e. The summed E-state index contributed by atoms with van der Waals surface area (Å²) in [5.74, 6) is 0.935. The summed E-state index contributed by atoms with van der Waals surface area (Å²) in [5.41, 5.74) is 4.24. The molecule has 0 radical (unpaired) electrons. The van der Waals surface area contributed by atoms with E-state index in [0.29, 0.717) is 6.04 Å². The number of ether oxygens (including phenoxy) is 1. The van der Waals surface area contributed by atoms with Crippen LogP contribution >= 0.6 is 0 Å². The molecule has 2 nitrogen and oxygen atoms in total. The van der Waals surface area contributed by atoms with Crippen molar-refractivity contribution in [3.05, 3.63) is 65.2 Å². The first-order valence-corrected chi connectivity index (χ1v) is 6.69. The van der Waals surface area contributed by atoms with Crippen LogP contribution in [0.15, 0.2) is 48.5 Å². The minimum absolute atomic E-state index is 0.435. The molecule has 0 spiro atoms. The van der Waals surface area contributed by atoms with Crippen molar-refractivity contribution in [1.82, 2.24) is 4.90 Å². The molecule has 1 aliphatic rings. The Morgan fingerprint density at radius 1 is 1.05 bits per heavy atom. The third kappa shape index (κ3) is 2.36. The van der Waals surface area contributed by atoms with Crippen molar-refractivity contribution in [2.24, 2.45) is 0 Å². The van der Waals surface area contributed by atoms with Gasteiger partial charge in [-0.2, -0.15) is 0 Å². The van der Waals surface area contributed by atoms with E-state index in [0.717, 1.165) is 18.7 Å². The molecule has 0 bridgehead atoms. The smallest absolute Gasteiger partial charge is 0.119 e. The van der Waals surface area contributed by atoms with Crippen LogP contribution in [-0.2, 0) is 13.0 Å². The van der Waals surface area contributed by atoms with Gasteiger partial charge in [0.25, 0.3) is 0 Å². The fraction of sp³-hybridized carbons (Fsp3) is 0.294. The molecule has 2 aromatic rings. The van der Waals surface area contributed by atoms with Crippen molar-refractivity contribution in [1.29, 1.82) is 0 Å². The average molecular weight is 253 g/mol. The first kappa shape index (κ1) is 12.2. The van der Waals surface area contributed by atoms with E-state index in [1.54, 1.807) is 7.11 Å². The number of rotatable bonds is 2. The summed E-state index contributed by atoms with van der Waals surface area (Å²) in [7, 11) is 3.92. The normalized spacial score (nSPS) is 18.9. The molecule has 3 rings (SSSR count). The second-order valence-corrected chi connectivity index (χ2v) is 5.18. The molecule has 0 fully saturated rings. The lowest BCUT2D eigenvalue weighted by atomic mass is 9.90. The zero-order chi connectivity index (χ0) is 13.2. The Morgan fingerprint density at radius 3 is 2.63 bits per heavy atom. The lowest BCUT2D eigenvalue weighted by Gasteiger charge is -2.34. The molecule has 1 atom stereocenters. The first-order valence-electron chi connectivity index (χ1n) is 6.69. The predicted molar refractivity (Wildman–Crippen MR) is 77.3 cm³/mol. The number of hydrogen-bond donors (Lipinski definition) is 0. The lowest BCUT2D eigenvalue weighted by molar-refractivity contribution is 0.217. The van der Waals surface area contributed by atoms with Crippen molar-refractivity contribution < 1.29 is 4.74 Å². The molecule has 0 saturated carbocycles. The molecule has 2 heteroatoms. The minimum atomic E-state index is 0.435. The summed E-state index contributed by atoms with van der Waals surface area (Å²) >= 11 is 0. The van der Waals surface area contributed by atoms with Gasteiger partial charge in [0.05, 0.1) is 7.11 Å². The van der Waals surface area contributed by atoms with Gasteiger partial charge in [0.2, 0.25) is 0 Å². The van der Waals surface area contributed by atoms with Gasteiger partial charge in [0, 0.05) is 12.6 Å². The van der Waals surface area contributed by atoms with Crippen LogP contribution in [0.1, 0.15) is 22.7 Å². The highest BCUT2D eigenvalue weighted by Crippen LogP contribution is 2.33. The third-order valence-corrected chi connectivity index (χ3v) is 3.96. The van der Waals surface area contributed by atoms with E-state index in [9.17, 15) is 0 Å². The summed E-state index contributed by atoms with van der Waals surface area (Å²) in [6.07, 6.45) is 1.07. The van der Waals surface area contributed by atoms with Gasteiger partial charge in [-0.1, -0.05) is 36.4 Å². The van der Waals surface area contributed by atoms with E-state index in [1.165, 1.54) is 16.7 Å². The van der Waals surface area contributed by atoms with Gasteiger partial charge < -0.3 is 4.74 Å². The Balaban J connectivity index is 1.93. The second-order valence-electron chi connectivity index (χ2n) is 5.18. The Kier molecular flexibility index (Phi) is 3.26. The third-order valence-electron chi connectivity index (χ3n) is 3.96. The van der Waals surface area contributed by atoms with Crippen molar-refractivity contribution >= 4 is 0 Å². The fourth-order valence-electron chi connectivity index (χ4n) is 2.88. The fourth-order valence-corrected chi connectivity index (χ4v) is 2.88. The maximum atomic E-state index is 5.33. The summed E-state index contributed by atoms with van der Waals surface area (Å²) in [6, 6.07) is 17.6. The van der Waals surface area contributed by atoms with E-state index < -0.39 is 0 Å². The van der Waals surface area contributed by atoms with Crippen LogP contribution < -0.4 is 4.74 Å². The predicted octanol–water partition coefficient (Wildman–Crippen LogP) is 3.42. The Labute approximate surface area is 114 Å². The summed E-state index contributed by atoms with van der Waals surface area (Å²) in [4.78, 5) is 2.41. The number of likely N-dealkylation sites (N-methyl/N-ethyl adjacent to an activating group) is 1. The molecule has 0 aromatic heterocycles. The molecule has 98 valence electrons. The van der Waals surface area contributed by atoms with Gasteiger partial charge in [0.15, 0.2) is 0 Å². The number of methoxy groups -OCH3 is 1. The highest BCUT2D eigenvalue weighted by atomic mass is 16.5. The zero-order valence-electron chi connectivity index (χ0n) is 11.5. The van der Waals surface area contributed by atoms with Crippen molar-refractivity contribution in [2.75, 3.05) is 14.2 Å². The average Bonchev–Trinajstić information content (AvgIpc) is 2.46. The molecular weight excluding hydrogens is 234 g/mol. The molecule has 1 heterocycles. The molecule has 1 aliphatic heterocycles. The molecule has 1 unspecified atom stereocenters. The Morgan fingerprint density at radius 2 is 1.84 bits per heavy atom. The van der Waals surface area contributed by atoms with Crippen LogP contribution in [0.2, 0.25) is 0 Å². The summed E-state index contributed by atoms with van der Waals surface area (Å²) in [6.45, 7) is 1.01. The van der Waals surface area contributed by atoms with Gasteiger partial charge in [-0.25, -0.2) is 0 Å². The zero-order valence-corrected chi connectivity index (χ0v) is 11.5. The van der Waals surface area contributed by atoms with Crippen molar-refractivity contribution in [2.45, 2.75) is 19.0 Å². The van der Waals surface area contributed by atoms with Gasteiger partial charge in [-0.15, -0.1) is 0 Å². The number of benzene rings is 2. The molecule has 0 amide bonds. The summed E-state index contributed by atoms with van der Waals surface area (Å²) in [5, 5.41) is 0. The van der Waals surface area contributed by atoms with E-state index >= 15 is 0 Å². The molecule has 0 aliphatic carbocycles. The monoisotopic (exact) mass is 253 g/mol. The molecule has 19 heavy (non-hydrogen) atoms. The standard InChI is InChI=1S/C17H19NO/c1-18-12-15-7-4-3-6-13(15)11-17(18)14-8-5-9-16(10-14)19-2/h3-10,17H,11-12H2,1-2H3. The number of fused-ring (bicyclic) bond motifs is 1. The highest BCUT2D eigenvalue weighted by Gasteiger charge is 2.24. The summed E-state index contributed by atoms with van der Waals surface area (Å²) < 4.78 is 5.33. The maximum absolute atomic E-state index is 5.33. The largest absolute Gasteiger partial charge is 0.497 e.